The van der Waals surface area contributed by atoms with Crippen LogP contribution in [0.15, 0.2) is 60.7 Å². The summed E-state index contributed by atoms with van der Waals surface area (Å²) in [6.45, 7) is 0. The van der Waals surface area contributed by atoms with Crippen molar-refractivity contribution in [2.45, 2.75) is 18.5 Å². The maximum atomic E-state index is 12.6. The van der Waals surface area contributed by atoms with Gasteiger partial charge in [-0.2, -0.15) is 0 Å². The summed E-state index contributed by atoms with van der Waals surface area (Å²) >= 11 is 6.01. The minimum atomic E-state index is -0.412. The predicted molar refractivity (Wildman–Crippen MR) is 103 cm³/mol. The van der Waals surface area contributed by atoms with Crippen molar-refractivity contribution in [3.63, 3.8) is 0 Å². The molecule has 4 N–H and O–H groups in total. The van der Waals surface area contributed by atoms with Gasteiger partial charge >= 0.3 is 0 Å². The second kappa shape index (κ2) is 6.96. The molecular weight excluding hydrogens is 350 g/mol. The van der Waals surface area contributed by atoms with E-state index in [0.717, 1.165) is 16.5 Å². The van der Waals surface area contributed by atoms with Crippen molar-refractivity contribution in [3.05, 3.63) is 71.2 Å². The van der Waals surface area contributed by atoms with Gasteiger partial charge in [-0.25, -0.2) is 10.9 Å². The maximum absolute atomic E-state index is 12.6. The second-order valence-electron chi connectivity index (χ2n) is 6.38. The molecule has 5 nitrogen and oxygen atoms in total. The van der Waals surface area contributed by atoms with Crippen LogP contribution in [-0.4, -0.2) is 17.1 Å². The van der Waals surface area contributed by atoms with Crippen molar-refractivity contribution < 1.29 is 9.90 Å². The quantitative estimate of drug-likeness (QED) is 0.569. The first-order valence-electron chi connectivity index (χ1n) is 8.39. The van der Waals surface area contributed by atoms with Crippen LogP contribution in [0.4, 0.5) is 5.69 Å². The first-order valence-corrected chi connectivity index (χ1v) is 8.77. The Hall–Kier alpha value is -2.60. The lowest BCUT2D eigenvalue weighted by molar-refractivity contribution is -0.117. The highest BCUT2D eigenvalue weighted by molar-refractivity contribution is 6.30. The fraction of sp³-hybridized carbons (Fsp3) is 0.150. The van der Waals surface area contributed by atoms with E-state index in [1.807, 2.05) is 42.5 Å². The molecule has 6 heteroatoms. The summed E-state index contributed by atoms with van der Waals surface area (Å²) in [6, 6.07) is 18.1. The number of benzene rings is 3. The molecule has 4 rings (SSSR count). The molecular formula is C20H18ClN3O2. The second-order valence-corrected chi connectivity index (χ2v) is 6.82. The van der Waals surface area contributed by atoms with Crippen LogP contribution in [0.1, 0.15) is 18.0 Å². The lowest BCUT2D eigenvalue weighted by Crippen LogP contribution is -2.39. The highest BCUT2D eigenvalue weighted by atomic mass is 35.5. The van der Waals surface area contributed by atoms with E-state index in [4.69, 9.17) is 11.6 Å². The smallest absolute Gasteiger partial charge is 0.242 e. The van der Waals surface area contributed by atoms with Crippen molar-refractivity contribution in [1.29, 1.82) is 0 Å². The Labute approximate surface area is 156 Å². The summed E-state index contributed by atoms with van der Waals surface area (Å²) < 4.78 is 0. The van der Waals surface area contributed by atoms with Gasteiger partial charge in [0, 0.05) is 16.3 Å². The van der Waals surface area contributed by atoms with Crippen molar-refractivity contribution in [2.24, 2.45) is 0 Å². The Bertz CT molecular complexity index is 976. The van der Waals surface area contributed by atoms with Crippen molar-refractivity contribution in [3.8, 4) is 5.75 Å². The van der Waals surface area contributed by atoms with E-state index in [-0.39, 0.29) is 17.7 Å². The Morgan fingerprint density at radius 1 is 1.04 bits per heavy atom. The van der Waals surface area contributed by atoms with Crippen LogP contribution in [0.2, 0.25) is 5.02 Å². The number of fused-ring (bicyclic) bond motifs is 1. The average Bonchev–Trinajstić information content (AvgIpc) is 3.14. The fourth-order valence-electron chi connectivity index (χ4n) is 3.23. The van der Waals surface area contributed by atoms with E-state index in [2.05, 4.69) is 16.2 Å². The number of aromatic hydroxyl groups is 1. The van der Waals surface area contributed by atoms with Crippen LogP contribution in [0.25, 0.3) is 10.8 Å². The van der Waals surface area contributed by atoms with Gasteiger partial charge in [-0.05, 0) is 47.5 Å². The molecule has 2 atom stereocenters. The highest BCUT2D eigenvalue weighted by Gasteiger charge is 2.31. The van der Waals surface area contributed by atoms with E-state index in [0.29, 0.717) is 17.0 Å². The summed E-state index contributed by atoms with van der Waals surface area (Å²) in [7, 11) is 0. The van der Waals surface area contributed by atoms with Gasteiger partial charge in [0.05, 0.1) is 6.04 Å². The average molecular weight is 368 g/mol. The van der Waals surface area contributed by atoms with Crippen LogP contribution < -0.4 is 16.2 Å². The number of anilines is 1. The molecule has 1 heterocycles. The number of nitrogens with one attached hydrogen (secondary N) is 3. The lowest BCUT2D eigenvalue weighted by atomic mass is 10.0. The van der Waals surface area contributed by atoms with Gasteiger partial charge in [0.1, 0.15) is 11.8 Å². The molecule has 2 unspecified atom stereocenters. The largest absolute Gasteiger partial charge is 0.508 e. The van der Waals surface area contributed by atoms with E-state index in [9.17, 15) is 9.90 Å². The molecule has 0 aromatic heterocycles. The number of halogens is 1. The van der Waals surface area contributed by atoms with Gasteiger partial charge in [-0.1, -0.05) is 41.9 Å². The zero-order valence-electron chi connectivity index (χ0n) is 13.9. The molecule has 1 aliphatic heterocycles. The summed E-state index contributed by atoms with van der Waals surface area (Å²) in [5, 5.41) is 15.7. The van der Waals surface area contributed by atoms with E-state index in [1.54, 1.807) is 18.2 Å². The minimum absolute atomic E-state index is 0.128. The number of phenolic OH excluding ortho intramolecular Hbond substituents is 1. The molecule has 0 spiro atoms. The number of phenols is 1. The van der Waals surface area contributed by atoms with E-state index >= 15 is 0 Å². The first kappa shape index (κ1) is 16.8. The van der Waals surface area contributed by atoms with Crippen LogP contribution in [0, 0.1) is 0 Å². The SMILES string of the molecule is O=C(Nc1ccc2ccccc2c1)C1CC(c2cc(Cl)ccc2O)NN1. The zero-order chi connectivity index (χ0) is 18.1. The molecule has 0 radical (unpaired) electrons. The normalized spacial score (nSPS) is 19.6. The molecule has 132 valence electrons. The van der Waals surface area contributed by atoms with Gasteiger partial charge in [-0.15, -0.1) is 0 Å². The lowest BCUT2D eigenvalue weighted by Gasteiger charge is -2.12. The Kier molecular flexibility index (Phi) is 4.51. The van der Waals surface area contributed by atoms with Crippen molar-refractivity contribution in [2.75, 3.05) is 5.32 Å². The van der Waals surface area contributed by atoms with Gasteiger partial charge < -0.3 is 10.4 Å². The topological polar surface area (TPSA) is 73.4 Å². The standard InChI is InChI=1S/C20H18ClN3O2/c21-14-6-8-19(25)16(10-14)17-11-18(24-23-17)20(26)22-15-7-5-12-3-1-2-4-13(12)9-15/h1-10,17-18,23-25H,11H2,(H,22,26). The molecule has 0 saturated carbocycles. The first-order chi connectivity index (χ1) is 12.6. The molecule has 0 bridgehead atoms. The number of rotatable bonds is 3. The molecule has 3 aromatic carbocycles. The van der Waals surface area contributed by atoms with Gasteiger partial charge in [-0.3, -0.25) is 4.79 Å². The van der Waals surface area contributed by atoms with Crippen LogP contribution >= 0.6 is 11.6 Å². The fourth-order valence-corrected chi connectivity index (χ4v) is 3.41. The van der Waals surface area contributed by atoms with Crippen LogP contribution in [0.3, 0.4) is 0 Å². The number of hydrogen-bond acceptors (Lipinski definition) is 4. The molecule has 0 aliphatic carbocycles. The summed E-state index contributed by atoms with van der Waals surface area (Å²) in [5.74, 6) is 0.0288. The Balaban J connectivity index is 1.46. The molecule has 3 aromatic rings. The van der Waals surface area contributed by atoms with Crippen molar-refractivity contribution in [1.82, 2.24) is 10.9 Å². The third-order valence-electron chi connectivity index (χ3n) is 4.60. The number of carbonyl (C=O) groups excluding carboxylic acids is 1. The number of amides is 1. The van der Waals surface area contributed by atoms with Gasteiger partial charge in [0.15, 0.2) is 0 Å². The summed E-state index contributed by atoms with van der Waals surface area (Å²) in [5.41, 5.74) is 7.48. The van der Waals surface area contributed by atoms with E-state index < -0.39 is 6.04 Å². The number of hydrogen-bond donors (Lipinski definition) is 4. The third-order valence-corrected chi connectivity index (χ3v) is 4.84. The molecule has 1 fully saturated rings. The summed E-state index contributed by atoms with van der Waals surface area (Å²) in [6.07, 6.45) is 0.507. The highest BCUT2D eigenvalue weighted by Crippen LogP contribution is 2.32. The number of hydrazine groups is 1. The van der Waals surface area contributed by atoms with Crippen LogP contribution in [-0.2, 0) is 4.79 Å². The van der Waals surface area contributed by atoms with Gasteiger partial charge in [0.25, 0.3) is 0 Å². The Morgan fingerprint density at radius 2 is 1.85 bits per heavy atom. The molecule has 1 aliphatic rings. The number of carbonyl (C=O) groups is 1. The maximum Gasteiger partial charge on any atom is 0.242 e. The third kappa shape index (κ3) is 3.37. The zero-order valence-corrected chi connectivity index (χ0v) is 14.6. The molecule has 26 heavy (non-hydrogen) atoms. The molecule has 1 amide bonds. The van der Waals surface area contributed by atoms with Crippen molar-refractivity contribution >= 4 is 34.0 Å². The minimum Gasteiger partial charge on any atom is -0.508 e. The molecule has 1 saturated heterocycles. The predicted octanol–water partition coefficient (Wildman–Crippen LogP) is 3.75. The monoisotopic (exact) mass is 367 g/mol. The summed E-state index contributed by atoms with van der Waals surface area (Å²) in [4.78, 5) is 12.6. The van der Waals surface area contributed by atoms with Gasteiger partial charge in [0.2, 0.25) is 5.91 Å². The Morgan fingerprint density at radius 3 is 2.69 bits per heavy atom. The van der Waals surface area contributed by atoms with Crippen LogP contribution in [0.5, 0.6) is 5.75 Å². The van der Waals surface area contributed by atoms with E-state index in [1.165, 1.54) is 0 Å².